The number of halogens is 10. The Bertz CT molecular complexity index is 640. The van der Waals surface area contributed by atoms with Crippen molar-refractivity contribution in [2.45, 2.75) is 29.1 Å². The molecule has 1 aromatic carbocycles. The van der Waals surface area contributed by atoms with E-state index in [1.165, 1.54) is 0 Å². The van der Waals surface area contributed by atoms with Crippen molar-refractivity contribution in [3.05, 3.63) is 24.3 Å². The molecular weight excluding hydrogens is 414 g/mol. The van der Waals surface area contributed by atoms with Crippen LogP contribution in [0.5, 0.6) is 5.75 Å². The predicted octanol–water partition coefficient (Wildman–Crippen LogP) is 4.61. The second-order valence-corrected chi connectivity index (χ2v) is 5.44. The van der Waals surface area contributed by atoms with E-state index in [-0.39, 0.29) is 0 Å². The molecule has 0 saturated heterocycles. The lowest BCUT2D eigenvalue weighted by molar-refractivity contribution is -0.276. The van der Waals surface area contributed by atoms with Gasteiger partial charge in [0, 0.05) is 4.90 Å². The van der Waals surface area contributed by atoms with Crippen molar-refractivity contribution in [3.8, 4) is 5.75 Å². The van der Waals surface area contributed by atoms with Crippen LogP contribution in [0.25, 0.3) is 0 Å². The topological polar surface area (TPSA) is 43.4 Å². The average molecular weight is 418 g/mol. The molecule has 0 aromatic heterocycles. The van der Waals surface area contributed by atoms with E-state index in [1.54, 1.807) is 0 Å². The molecule has 0 heterocycles. The van der Waals surface area contributed by atoms with Gasteiger partial charge in [-0.2, -0.15) is 43.9 Å². The van der Waals surface area contributed by atoms with Crippen molar-refractivity contribution >= 4 is 22.8 Å². The lowest BCUT2D eigenvalue weighted by atomic mass is 10.3. The second kappa shape index (κ2) is 6.96. The zero-order valence-corrected chi connectivity index (χ0v) is 12.5. The minimum absolute atomic E-state index is 0.360. The predicted molar refractivity (Wildman–Crippen MR) is 64.9 cm³/mol. The van der Waals surface area contributed by atoms with Crippen LogP contribution in [0.2, 0.25) is 0 Å². The van der Waals surface area contributed by atoms with Gasteiger partial charge in [0.15, 0.2) is 0 Å². The molecule has 0 radical (unpaired) electrons. The zero-order chi connectivity index (χ0) is 20.6. The molecule has 146 valence electrons. The van der Waals surface area contributed by atoms with Gasteiger partial charge in [-0.25, -0.2) is 4.79 Å². The normalized spacial score (nSPS) is 13.5. The third-order valence-electron chi connectivity index (χ3n) is 2.45. The van der Waals surface area contributed by atoms with Gasteiger partial charge in [0.05, 0.1) is 0 Å². The molecule has 0 fully saturated rings. The minimum atomic E-state index is -6.28. The molecular formula is C12H4F10O3S. The largest absolute Gasteiger partial charge is 0.465 e. The lowest BCUT2D eigenvalue weighted by Gasteiger charge is -2.18. The van der Waals surface area contributed by atoms with Crippen molar-refractivity contribution < 1.29 is 58.2 Å². The molecule has 3 nitrogen and oxygen atoms in total. The third-order valence-corrected chi connectivity index (χ3v) is 3.38. The Morgan fingerprint density at radius 3 is 1.77 bits per heavy atom. The fourth-order valence-electron chi connectivity index (χ4n) is 1.17. The number of carbonyl (C=O) groups is 2. The van der Waals surface area contributed by atoms with Crippen LogP contribution in [-0.4, -0.2) is 35.3 Å². The van der Waals surface area contributed by atoms with Gasteiger partial charge in [-0.3, -0.25) is 4.79 Å². The summed E-state index contributed by atoms with van der Waals surface area (Å²) in [6.07, 6.45) is -12.5. The minimum Gasteiger partial charge on any atom is -0.422 e. The van der Waals surface area contributed by atoms with Gasteiger partial charge >= 0.3 is 30.2 Å². The summed E-state index contributed by atoms with van der Waals surface area (Å²) >= 11 is -0.678. The maximum Gasteiger partial charge on any atom is 0.465 e. The highest BCUT2D eigenvalue weighted by Gasteiger charge is 2.65. The van der Waals surface area contributed by atoms with E-state index in [0.29, 0.717) is 12.1 Å². The molecule has 0 aliphatic rings. The van der Waals surface area contributed by atoms with Crippen LogP contribution in [0, 0.1) is 0 Å². The summed E-state index contributed by atoms with van der Waals surface area (Å²) in [5.74, 6) is -15.7. The number of ether oxygens (including phenoxy) is 1. The first-order valence-corrected chi connectivity index (χ1v) is 6.75. The van der Waals surface area contributed by atoms with Gasteiger partial charge in [0.2, 0.25) is 0 Å². The first-order chi connectivity index (χ1) is 11.5. The Labute approximate surface area is 141 Å². The van der Waals surface area contributed by atoms with Crippen LogP contribution in [0.1, 0.15) is 0 Å². The van der Waals surface area contributed by atoms with E-state index in [9.17, 15) is 53.5 Å². The van der Waals surface area contributed by atoms with Crippen molar-refractivity contribution in [3.63, 3.8) is 0 Å². The maximum absolute atomic E-state index is 12.8. The number of hydrogen-bond donors (Lipinski definition) is 0. The summed E-state index contributed by atoms with van der Waals surface area (Å²) < 4.78 is 127. The molecule has 0 bridgehead atoms. The number of hydrogen-bond acceptors (Lipinski definition) is 4. The first-order valence-electron chi connectivity index (χ1n) is 5.94. The Morgan fingerprint density at radius 2 is 1.31 bits per heavy atom. The standard InChI is InChI=1S/C12H4F10O3S/c13-9(14,11(17,18)19)7(23)25-5-2-1-3-6(4-5)26-8(24)10(15,16)12(20,21)22/h1-4H. The number of esters is 1. The second-order valence-electron chi connectivity index (χ2n) is 4.40. The average Bonchev–Trinajstić information content (AvgIpc) is 2.44. The molecule has 0 spiro atoms. The summed E-state index contributed by atoms with van der Waals surface area (Å²) in [7, 11) is 0. The van der Waals surface area contributed by atoms with Crippen molar-refractivity contribution in [2.75, 3.05) is 0 Å². The third kappa shape index (κ3) is 4.59. The number of benzene rings is 1. The number of thioether (sulfide) groups is 1. The van der Waals surface area contributed by atoms with E-state index in [4.69, 9.17) is 0 Å². The van der Waals surface area contributed by atoms with Crippen molar-refractivity contribution in [1.29, 1.82) is 0 Å². The molecule has 14 heteroatoms. The fraction of sp³-hybridized carbons (Fsp3) is 0.333. The first kappa shape index (κ1) is 22.1. The quantitative estimate of drug-likeness (QED) is 0.310. The molecule has 0 N–H and O–H groups in total. The van der Waals surface area contributed by atoms with Crippen LogP contribution in [0.3, 0.4) is 0 Å². The molecule has 0 atom stereocenters. The Hall–Kier alpha value is -1.99. The van der Waals surface area contributed by atoms with Crippen LogP contribution < -0.4 is 4.74 Å². The molecule has 0 amide bonds. The van der Waals surface area contributed by atoms with E-state index in [0.717, 1.165) is 12.1 Å². The lowest BCUT2D eigenvalue weighted by Crippen LogP contribution is -2.46. The Morgan fingerprint density at radius 1 is 0.808 bits per heavy atom. The maximum atomic E-state index is 12.8. The zero-order valence-electron chi connectivity index (χ0n) is 11.7. The highest BCUT2D eigenvalue weighted by molar-refractivity contribution is 8.13. The number of carbonyl (C=O) groups excluding carboxylic acids is 2. The van der Waals surface area contributed by atoms with Crippen molar-refractivity contribution in [1.82, 2.24) is 0 Å². The Balaban J connectivity index is 2.97. The molecule has 1 aromatic rings. The number of rotatable bonds is 4. The van der Waals surface area contributed by atoms with E-state index >= 15 is 0 Å². The highest BCUT2D eigenvalue weighted by atomic mass is 32.2. The van der Waals surface area contributed by atoms with Gasteiger partial charge in [-0.1, -0.05) is 6.07 Å². The Kier molecular flexibility index (Phi) is 5.91. The molecule has 26 heavy (non-hydrogen) atoms. The molecule has 1 rings (SSSR count). The molecule has 0 saturated carbocycles. The van der Waals surface area contributed by atoms with Gasteiger partial charge < -0.3 is 4.74 Å². The van der Waals surface area contributed by atoms with Crippen molar-refractivity contribution in [2.24, 2.45) is 0 Å². The van der Waals surface area contributed by atoms with E-state index < -0.39 is 57.7 Å². The summed E-state index contributed by atoms with van der Waals surface area (Å²) in [6.45, 7) is 0. The summed E-state index contributed by atoms with van der Waals surface area (Å²) in [5.41, 5.74) is 0. The van der Waals surface area contributed by atoms with Crippen LogP contribution >= 0.6 is 11.8 Å². The summed E-state index contributed by atoms with van der Waals surface area (Å²) in [5, 5.41) is -2.69. The van der Waals surface area contributed by atoms with E-state index in [1.807, 2.05) is 0 Å². The SMILES string of the molecule is O=C(Oc1cccc(SC(=O)C(F)(F)C(F)(F)F)c1)C(F)(F)C(F)(F)F. The summed E-state index contributed by atoms with van der Waals surface area (Å²) in [6, 6.07) is 2.52. The monoisotopic (exact) mass is 418 g/mol. The van der Waals surface area contributed by atoms with Gasteiger partial charge in [0.25, 0.3) is 5.12 Å². The highest BCUT2D eigenvalue weighted by Crippen LogP contribution is 2.41. The van der Waals surface area contributed by atoms with Gasteiger partial charge in [-0.15, -0.1) is 0 Å². The summed E-state index contributed by atoms with van der Waals surface area (Å²) in [4.78, 5) is 21.2. The fourth-order valence-corrected chi connectivity index (χ4v) is 1.95. The molecule has 0 aliphatic heterocycles. The van der Waals surface area contributed by atoms with Gasteiger partial charge in [0.1, 0.15) is 5.75 Å². The number of alkyl halides is 10. The molecule has 0 unspecified atom stereocenters. The van der Waals surface area contributed by atoms with E-state index in [2.05, 4.69) is 4.74 Å². The molecule has 0 aliphatic carbocycles. The van der Waals surface area contributed by atoms with Crippen LogP contribution in [0.15, 0.2) is 29.2 Å². The van der Waals surface area contributed by atoms with Crippen LogP contribution in [-0.2, 0) is 9.59 Å². The van der Waals surface area contributed by atoms with Gasteiger partial charge in [-0.05, 0) is 30.0 Å². The van der Waals surface area contributed by atoms with Crippen LogP contribution in [0.4, 0.5) is 43.9 Å². The smallest absolute Gasteiger partial charge is 0.422 e.